The molecule has 1 aliphatic heterocycles. The van der Waals surface area contributed by atoms with E-state index in [-0.39, 0.29) is 10.7 Å². The predicted octanol–water partition coefficient (Wildman–Crippen LogP) is 6.25. The second-order valence-electron chi connectivity index (χ2n) is 8.59. The summed E-state index contributed by atoms with van der Waals surface area (Å²) in [4.78, 5) is 21.5. The Morgan fingerprint density at radius 2 is 1.61 bits per heavy atom. The number of thiazole rings is 1. The van der Waals surface area contributed by atoms with Crippen LogP contribution in [0.5, 0.6) is 5.75 Å². The van der Waals surface area contributed by atoms with Crippen LogP contribution in [0.15, 0.2) is 24.3 Å². The molecule has 1 aromatic heterocycles. The number of anilines is 2. The van der Waals surface area contributed by atoms with E-state index in [2.05, 4.69) is 24.8 Å². The number of benzene rings is 2. The zero-order chi connectivity index (χ0) is 27.4. The monoisotopic (exact) mass is 574 g/mol. The Bertz CT molecular complexity index is 1270. The molecule has 2 heterocycles. The van der Waals surface area contributed by atoms with Crippen LogP contribution in [0, 0.1) is 29.1 Å². The molecule has 2 aromatic carbocycles. The summed E-state index contributed by atoms with van der Waals surface area (Å²) in [7, 11) is 0. The van der Waals surface area contributed by atoms with Gasteiger partial charge in [-0.2, -0.15) is 8.78 Å². The van der Waals surface area contributed by atoms with Gasteiger partial charge in [0.2, 0.25) is 34.8 Å². The zero-order valence-corrected chi connectivity index (χ0v) is 21.9. The average Bonchev–Trinajstić information content (AvgIpc) is 3.32. The number of aromatic nitrogens is 1. The lowest BCUT2D eigenvalue weighted by molar-refractivity contribution is 0.0722. The maximum absolute atomic E-state index is 14.1. The summed E-state index contributed by atoms with van der Waals surface area (Å²) in [6.45, 7) is 5.76. The van der Waals surface area contributed by atoms with Gasteiger partial charge in [-0.25, -0.2) is 22.9 Å². The number of hydrogen-bond donors (Lipinski definition) is 1. The maximum atomic E-state index is 14.1. The van der Waals surface area contributed by atoms with Crippen molar-refractivity contribution < 1.29 is 31.5 Å². The first-order valence-corrected chi connectivity index (χ1v) is 13.1. The summed E-state index contributed by atoms with van der Waals surface area (Å²) in [5.41, 5.74) is 1.06. The Hall–Kier alpha value is -2.96. The largest absolute Gasteiger partial charge is 0.416 e. The molecule has 13 heteroatoms. The van der Waals surface area contributed by atoms with Crippen LogP contribution in [0.25, 0.3) is 0 Å². The third-order valence-electron chi connectivity index (χ3n) is 5.97. The van der Waals surface area contributed by atoms with Gasteiger partial charge in [-0.3, -0.25) is 4.90 Å². The lowest BCUT2D eigenvalue weighted by atomic mass is 10.2. The van der Waals surface area contributed by atoms with Crippen LogP contribution in [0.4, 0.5) is 33.5 Å². The summed E-state index contributed by atoms with van der Waals surface area (Å²) in [5, 5.41) is 4.19. The lowest BCUT2D eigenvalue weighted by Gasteiger charge is -2.35. The van der Waals surface area contributed by atoms with E-state index in [9.17, 15) is 26.7 Å². The second kappa shape index (κ2) is 12.3. The molecule has 0 amide bonds. The number of hydrogen-bond acceptors (Lipinski definition) is 7. The van der Waals surface area contributed by atoms with Gasteiger partial charge in [-0.1, -0.05) is 24.9 Å². The first-order chi connectivity index (χ1) is 18.2. The summed E-state index contributed by atoms with van der Waals surface area (Å²) in [6.07, 6.45) is 1.61. The van der Waals surface area contributed by atoms with Crippen molar-refractivity contribution >= 4 is 40.4 Å². The van der Waals surface area contributed by atoms with Crippen LogP contribution in [-0.4, -0.2) is 48.6 Å². The molecular weight excluding hydrogens is 551 g/mol. The fourth-order valence-electron chi connectivity index (χ4n) is 3.89. The molecule has 0 spiro atoms. The molecule has 204 valence electrons. The number of nitrogens with one attached hydrogen (secondary N) is 1. The molecule has 0 radical (unpaired) electrons. The van der Waals surface area contributed by atoms with Crippen LogP contribution >= 0.6 is 22.9 Å². The average molecular weight is 575 g/mol. The number of rotatable bonds is 9. The number of esters is 1. The Morgan fingerprint density at radius 1 is 1.00 bits per heavy atom. The minimum atomic E-state index is -2.34. The molecule has 1 N–H and O–H groups in total. The van der Waals surface area contributed by atoms with E-state index in [0.717, 1.165) is 43.0 Å². The fraction of sp³-hybridized carbons (Fsp3) is 0.360. The number of carbonyl (C=O) groups is 1. The second-order valence-corrected chi connectivity index (χ2v) is 10.1. The van der Waals surface area contributed by atoms with Gasteiger partial charge >= 0.3 is 5.97 Å². The molecular formula is C25H24ClF5N4O2S. The smallest absolute Gasteiger partial charge is 0.357 e. The molecule has 0 saturated carbocycles. The van der Waals surface area contributed by atoms with E-state index >= 15 is 0 Å². The van der Waals surface area contributed by atoms with Crippen molar-refractivity contribution in [3.8, 4) is 5.75 Å². The van der Waals surface area contributed by atoms with Crippen molar-refractivity contribution in [1.29, 1.82) is 0 Å². The van der Waals surface area contributed by atoms with Gasteiger partial charge in [0.25, 0.3) is 0 Å². The molecule has 0 bridgehead atoms. The van der Waals surface area contributed by atoms with Gasteiger partial charge < -0.3 is 15.0 Å². The molecule has 4 rings (SSSR count). The molecule has 1 saturated heterocycles. The normalized spacial score (nSPS) is 14.1. The van der Waals surface area contributed by atoms with Crippen LogP contribution in [0.2, 0.25) is 5.02 Å². The van der Waals surface area contributed by atoms with Gasteiger partial charge in [-0.15, -0.1) is 11.3 Å². The topological polar surface area (TPSA) is 57.7 Å². The third-order valence-corrected chi connectivity index (χ3v) is 7.24. The molecule has 0 aliphatic carbocycles. The van der Waals surface area contributed by atoms with Crippen molar-refractivity contribution in [2.75, 3.05) is 42.9 Å². The van der Waals surface area contributed by atoms with E-state index in [0.29, 0.717) is 36.2 Å². The Kier molecular flexibility index (Phi) is 9.06. The van der Waals surface area contributed by atoms with E-state index in [1.165, 1.54) is 0 Å². The highest BCUT2D eigenvalue weighted by Crippen LogP contribution is 2.32. The number of nitrogens with zero attached hydrogens (tertiary/aromatic N) is 3. The molecule has 3 aromatic rings. The summed E-state index contributed by atoms with van der Waals surface area (Å²) in [6, 6.07) is 7.57. The Labute approximate surface area is 225 Å². The van der Waals surface area contributed by atoms with E-state index < -0.39 is 40.8 Å². The van der Waals surface area contributed by atoms with Crippen LogP contribution in [0.3, 0.4) is 0 Å². The van der Waals surface area contributed by atoms with Crippen molar-refractivity contribution in [2.24, 2.45) is 0 Å². The van der Waals surface area contributed by atoms with Crippen molar-refractivity contribution in [3.63, 3.8) is 0 Å². The summed E-state index contributed by atoms with van der Waals surface area (Å²) >= 11 is 6.90. The quantitative estimate of drug-likeness (QED) is 0.0815. The Morgan fingerprint density at radius 3 is 2.21 bits per heavy atom. The molecule has 1 fully saturated rings. The van der Waals surface area contributed by atoms with Crippen molar-refractivity contribution in [1.82, 2.24) is 9.88 Å². The molecule has 0 unspecified atom stereocenters. The fourth-order valence-corrected chi connectivity index (χ4v) is 4.98. The first kappa shape index (κ1) is 28.1. The minimum Gasteiger partial charge on any atom is -0.416 e. The number of ether oxygens (including phenoxy) is 1. The van der Waals surface area contributed by atoms with E-state index in [4.69, 9.17) is 11.6 Å². The maximum Gasteiger partial charge on any atom is 0.357 e. The van der Waals surface area contributed by atoms with Crippen LogP contribution < -0.4 is 15.0 Å². The molecule has 38 heavy (non-hydrogen) atoms. The highest BCUT2D eigenvalue weighted by Gasteiger charge is 2.31. The first-order valence-electron chi connectivity index (χ1n) is 11.9. The van der Waals surface area contributed by atoms with E-state index in [1.54, 1.807) is 0 Å². The van der Waals surface area contributed by atoms with Gasteiger partial charge in [0.1, 0.15) is 5.01 Å². The number of carbonyl (C=O) groups excluding carboxylic acids is 1. The Balaban J connectivity index is 1.49. The highest BCUT2D eigenvalue weighted by atomic mass is 35.5. The SMILES string of the molecule is CCCCNc1nc(CN2CCN(c3ccc(Cl)cc3)CC2)sc1C(=O)Oc1c(F)c(F)c(F)c(F)c1F. The third kappa shape index (κ3) is 6.19. The van der Waals surface area contributed by atoms with Gasteiger partial charge in [0.05, 0.1) is 6.54 Å². The number of unbranched alkanes of at least 4 members (excludes halogenated alkanes) is 1. The number of halogens is 6. The highest BCUT2D eigenvalue weighted by molar-refractivity contribution is 7.14. The summed E-state index contributed by atoms with van der Waals surface area (Å²) in [5.74, 6) is -14.0. The molecule has 6 nitrogen and oxygen atoms in total. The number of piperazine rings is 1. The standard InChI is InChI=1S/C25H24ClF5N4O2S/c1-2-3-8-32-24-23(25(36)37-22-20(30)18(28)17(27)19(29)21(22)31)38-16(33-24)13-34-9-11-35(12-10-34)15-6-4-14(26)5-7-15/h4-7,32H,2-3,8-13H2,1H3. The van der Waals surface area contributed by atoms with Crippen LogP contribution in [0.1, 0.15) is 34.4 Å². The van der Waals surface area contributed by atoms with Gasteiger partial charge in [0, 0.05) is 43.4 Å². The van der Waals surface area contributed by atoms with Crippen molar-refractivity contribution in [3.05, 3.63) is 68.3 Å². The van der Waals surface area contributed by atoms with Crippen LogP contribution in [-0.2, 0) is 6.54 Å². The zero-order valence-electron chi connectivity index (χ0n) is 20.3. The molecule has 1 aliphatic rings. The van der Waals surface area contributed by atoms with E-state index in [1.807, 2.05) is 31.2 Å². The summed E-state index contributed by atoms with van der Waals surface area (Å²) < 4.78 is 73.3. The van der Waals surface area contributed by atoms with Gasteiger partial charge in [0.15, 0.2) is 10.7 Å². The molecule has 0 atom stereocenters. The van der Waals surface area contributed by atoms with Crippen molar-refractivity contribution in [2.45, 2.75) is 26.3 Å². The van der Waals surface area contributed by atoms with Gasteiger partial charge in [-0.05, 0) is 30.7 Å². The minimum absolute atomic E-state index is 0.125. The lowest BCUT2D eigenvalue weighted by Crippen LogP contribution is -2.45. The predicted molar refractivity (Wildman–Crippen MR) is 136 cm³/mol.